The lowest BCUT2D eigenvalue weighted by Crippen LogP contribution is -2.15. The number of rotatable bonds is 5. The fraction of sp³-hybridized carbons (Fsp3) is 0.167. The Kier molecular flexibility index (Phi) is 4.40. The van der Waals surface area contributed by atoms with Crippen molar-refractivity contribution in [2.75, 3.05) is 17.3 Å². The summed E-state index contributed by atoms with van der Waals surface area (Å²) in [6.45, 7) is 2.41. The summed E-state index contributed by atoms with van der Waals surface area (Å²) in [5, 5.41) is 2.65. The van der Waals surface area contributed by atoms with Gasteiger partial charge in [0.25, 0.3) is 5.91 Å². The maximum atomic E-state index is 11.9. The topological polar surface area (TPSA) is 115 Å². The average Bonchev–Trinajstić information content (AvgIpc) is 2.49. The van der Waals surface area contributed by atoms with Crippen molar-refractivity contribution in [2.24, 2.45) is 5.84 Å². The lowest BCUT2D eigenvalue weighted by Gasteiger charge is -2.06. The quantitative estimate of drug-likeness (QED) is 0.545. The summed E-state index contributed by atoms with van der Waals surface area (Å²) in [6, 6.07) is 3.37. The first kappa shape index (κ1) is 13.7. The van der Waals surface area contributed by atoms with E-state index < -0.39 is 0 Å². The molecule has 0 aromatic carbocycles. The van der Waals surface area contributed by atoms with Crippen LogP contribution in [0.3, 0.4) is 0 Å². The van der Waals surface area contributed by atoms with Gasteiger partial charge in [-0.15, -0.1) is 0 Å². The number of nitrogens with one attached hydrogen (secondary N) is 2. The van der Waals surface area contributed by atoms with E-state index in [0.717, 1.165) is 0 Å². The number of nitrogens with two attached hydrogens (primary N) is 1. The highest BCUT2D eigenvalue weighted by Gasteiger charge is 2.08. The molecule has 0 radical (unpaired) electrons. The van der Waals surface area contributed by atoms with Crippen LogP contribution in [-0.4, -0.2) is 27.5 Å². The molecule has 2 aromatic rings. The maximum absolute atomic E-state index is 11.9. The Balaban J connectivity index is 2.02. The zero-order valence-electron chi connectivity index (χ0n) is 10.8. The summed E-state index contributed by atoms with van der Waals surface area (Å²) < 4.78 is 5.21. The standard InChI is InChI=1S/C12H14N6O2/c1-2-20-11-4-3-8(5-16-11)17-12(19)9-6-15-10(18-13)7-14-9/h3-7H,2,13H2,1H3,(H,15,18)(H,17,19). The summed E-state index contributed by atoms with van der Waals surface area (Å²) in [4.78, 5) is 23.8. The van der Waals surface area contributed by atoms with Gasteiger partial charge in [-0.3, -0.25) is 4.79 Å². The first-order valence-electron chi connectivity index (χ1n) is 5.91. The van der Waals surface area contributed by atoms with E-state index in [9.17, 15) is 4.79 Å². The zero-order chi connectivity index (χ0) is 14.4. The van der Waals surface area contributed by atoms with Gasteiger partial charge in [0, 0.05) is 6.07 Å². The van der Waals surface area contributed by atoms with Crippen molar-refractivity contribution >= 4 is 17.4 Å². The van der Waals surface area contributed by atoms with Crippen molar-refractivity contribution < 1.29 is 9.53 Å². The Labute approximate surface area is 115 Å². The molecule has 2 aromatic heterocycles. The van der Waals surface area contributed by atoms with Crippen LogP contribution in [0, 0.1) is 0 Å². The smallest absolute Gasteiger partial charge is 0.275 e. The largest absolute Gasteiger partial charge is 0.478 e. The number of anilines is 2. The molecule has 0 unspecified atom stereocenters. The fourth-order valence-corrected chi connectivity index (χ4v) is 1.40. The molecule has 8 nitrogen and oxygen atoms in total. The van der Waals surface area contributed by atoms with Gasteiger partial charge < -0.3 is 15.5 Å². The van der Waals surface area contributed by atoms with Crippen molar-refractivity contribution in [3.05, 3.63) is 36.4 Å². The van der Waals surface area contributed by atoms with Crippen LogP contribution >= 0.6 is 0 Å². The normalized spacial score (nSPS) is 9.90. The lowest BCUT2D eigenvalue weighted by atomic mass is 10.3. The Morgan fingerprint density at radius 2 is 2.10 bits per heavy atom. The number of amides is 1. The zero-order valence-corrected chi connectivity index (χ0v) is 10.8. The van der Waals surface area contributed by atoms with Crippen LogP contribution in [0.1, 0.15) is 17.4 Å². The van der Waals surface area contributed by atoms with E-state index in [-0.39, 0.29) is 11.6 Å². The van der Waals surface area contributed by atoms with E-state index >= 15 is 0 Å². The van der Waals surface area contributed by atoms with Gasteiger partial charge in [-0.25, -0.2) is 20.8 Å². The molecule has 2 rings (SSSR count). The number of nitrogens with zero attached hydrogens (tertiary/aromatic N) is 3. The van der Waals surface area contributed by atoms with Gasteiger partial charge in [0.2, 0.25) is 5.88 Å². The number of hydrogen-bond acceptors (Lipinski definition) is 7. The summed E-state index contributed by atoms with van der Waals surface area (Å²) in [7, 11) is 0. The third kappa shape index (κ3) is 3.39. The average molecular weight is 274 g/mol. The molecule has 0 aliphatic heterocycles. The van der Waals surface area contributed by atoms with Crippen LogP contribution in [0.25, 0.3) is 0 Å². The van der Waals surface area contributed by atoms with E-state index in [0.29, 0.717) is 24.0 Å². The van der Waals surface area contributed by atoms with Crippen molar-refractivity contribution in [1.29, 1.82) is 0 Å². The van der Waals surface area contributed by atoms with E-state index in [1.54, 1.807) is 12.1 Å². The number of aromatic nitrogens is 3. The highest BCUT2D eigenvalue weighted by atomic mass is 16.5. The molecule has 8 heteroatoms. The minimum atomic E-state index is -0.382. The third-order valence-electron chi connectivity index (χ3n) is 2.32. The predicted molar refractivity (Wildman–Crippen MR) is 73.2 cm³/mol. The Morgan fingerprint density at radius 1 is 1.25 bits per heavy atom. The van der Waals surface area contributed by atoms with Crippen LogP contribution in [-0.2, 0) is 0 Å². The second-order valence-electron chi connectivity index (χ2n) is 3.70. The predicted octanol–water partition coefficient (Wildman–Crippen LogP) is 0.808. The van der Waals surface area contributed by atoms with Crippen LogP contribution in [0.15, 0.2) is 30.7 Å². The number of hydrazine groups is 1. The monoisotopic (exact) mass is 274 g/mol. The summed E-state index contributed by atoms with van der Waals surface area (Å²) >= 11 is 0. The molecule has 0 aliphatic carbocycles. The highest BCUT2D eigenvalue weighted by Crippen LogP contribution is 2.12. The summed E-state index contributed by atoms with van der Waals surface area (Å²) in [5.41, 5.74) is 3.05. The van der Waals surface area contributed by atoms with Gasteiger partial charge in [0.15, 0.2) is 5.82 Å². The molecule has 0 spiro atoms. The highest BCUT2D eigenvalue weighted by molar-refractivity contribution is 6.02. The second kappa shape index (κ2) is 6.43. The summed E-state index contributed by atoms with van der Waals surface area (Å²) in [5.74, 6) is 5.67. The van der Waals surface area contributed by atoms with Crippen molar-refractivity contribution in [1.82, 2.24) is 15.0 Å². The van der Waals surface area contributed by atoms with Crippen LogP contribution in [0.4, 0.5) is 11.5 Å². The van der Waals surface area contributed by atoms with Crippen molar-refractivity contribution in [3.63, 3.8) is 0 Å². The fourth-order valence-electron chi connectivity index (χ4n) is 1.40. The number of hydrogen-bond donors (Lipinski definition) is 3. The van der Waals surface area contributed by atoms with Crippen molar-refractivity contribution in [3.8, 4) is 5.88 Å². The van der Waals surface area contributed by atoms with Gasteiger partial charge in [-0.05, 0) is 13.0 Å². The molecule has 0 saturated heterocycles. The number of nitrogen functional groups attached to an aromatic ring is 1. The molecule has 4 N–H and O–H groups in total. The second-order valence-corrected chi connectivity index (χ2v) is 3.70. The molecule has 2 heterocycles. The van der Waals surface area contributed by atoms with E-state index in [4.69, 9.17) is 10.6 Å². The lowest BCUT2D eigenvalue weighted by molar-refractivity contribution is 0.102. The van der Waals surface area contributed by atoms with E-state index in [1.165, 1.54) is 18.6 Å². The molecule has 0 atom stereocenters. The molecule has 0 aliphatic rings. The van der Waals surface area contributed by atoms with Crippen LogP contribution in [0.2, 0.25) is 0 Å². The Bertz CT molecular complexity index is 570. The molecule has 0 bridgehead atoms. The van der Waals surface area contributed by atoms with Gasteiger partial charge in [-0.2, -0.15) is 0 Å². The SMILES string of the molecule is CCOc1ccc(NC(=O)c2cnc(NN)cn2)cn1. The number of carbonyl (C=O) groups is 1. The molecule has 20 heavy (non-hydrogen) atoms. The van der Waals surface area contributed by atoms with E-state index in [2.05, 4.69) is 25.7 Å². The van der Waals surface area contributed by atoms with Gasteiger partial charge in [-0.1, -0.05) is 0 Å². The van der Waals surface area contributed by atoms with Gasteiger partial charge >= 0.3 is 0 Å². The minimum absolute atomic E-state index is 0.179. The first-order chi connectivity index (χ1) is 9.72. The number of pyridine rings is 1. The third-order valence-corrected chi connectivity index (χ3v) is 2.32. The maximum Gasteiger partial charge on any atom is 0.275 e. The van der Waals surface area contributed by atoms with Crippen LogP contribution in [0.5, 0.6) is 5.88 Å². The number of carbonyl (C=O) groups excluding carboxylic acids is 1. The molecule has 0 fully saturated rings. The van der Waals surface area contributed by atoms with Gasteiger partial charge in [0.1, 0.15) is 5.69 Å². The molecule has 0 saturated carbocycles. The Hall–Kier alpha value is -2.74. The number of ether oxygens (including phenoxy) is 1. The molecule has 1 amide bonds. The first-order valence-corrected chi connectivity index (χ1v) is 5.91. The van der Waals surface area contributed by atoms with Crippen LogP contribution < -0.4 is 21.3 Å². The van der Waals surface area contributed by atoms with Gasteiger partial charge in [0.05, 0.1) is 30.9 Å². The molecular weight excluding hydrogens is 260 g/mol. The van der Waals surface area contributed by atoms with Crippen molar-refractivity contribution in [2.45, 2.75) is 6.92 Å². The molecular formula is C12H14N6O2. The summed E-state index contributed by atoms with van der Waals surface area (Å²) in [6.07, 6.45) is 4.20. The Morgan fingerprint density at radius 3 is 2.65 bits per heavy atom. The van der Waals surface area contributed by atoms with E-state index in [1.807, 2.05) is 6.92 Å². The molecule has 104 valence electrons. The minimum Gasteiger partial charge on any atom is -0.478 e.